The maximum Gasteiger partial charge on any atom is 0.171 e. The number of para-hydroxylation sites is 1. The molecule has 0 atom stereocenters. The molecule has 0 fully saturated rings. The minimum absolute atomic E-state index is 0.150. The second-order valence-corrected chi connectivity index (χ2v) is 5.95. The zero-order chi connectivity index (χ0) is 13.1. The Morgan fingerprint density at radius 3 is 2.79 bits per heavy atom. The molecule has 0 bridgehead atoms. The number of rotatable bonds is 4. The second kappa shape index (κ2) is 5.69. The summed E-state index contributed by atoms with van der Waals surface area (Å²) < 4.78 is 0. The number of thiophene rings is 1. The van der Waals surface area contributed by atoms with E-state index in [0.717, 1.165) is 26.6 Å². The fourth-order valence-electron chi connectivity index (χ4n) is 1.82. The highest BCUT2D eigenvalue weighted by molar-refractivity contribution is 7.99. The molecule has 0 saturated heterocycles. The fourth-order valence-corrected chi connectivity index (χ4v) is 3.24. The van der Waals surface area contributed by atoms with Gasteiger partial charge in [-0.1, -0.05) is 24.3 Å². The lowest BCUT2D eigenvalue weighted by Crippen LogP contribution is -1.94. The molecular weight excluding hydrogens is 276 g/mol. The van der Waals surface area contributed by atoms with Gasteiger partial charge in [-0.2, -0.15) is 0 Å². The molecule has 2 heterocycles. The molecule has 0 unspecified atom stereocenters. The highest BCUT2D eigenvalue weighted by Crippen LogP contribution is 2.29. The maximum atomic E-state index is 8.99. The Balaban J connectivity index is 2.15. The van der Waals surface area contributed by atoms with Crippen molar-refractivity contribution in [1.29, 1.82) is 0 Å². The zero-order valence-corrected chi connectivity index (χ0v) is 11.7. The molecule has 0 saturated carbocycles. The van der Waals surface area contributed by atoms with Crippen molar-refractivity contribution in [2.24, 2.45) is 0 Å². The minimum Gasteiger partial charge on any atom is -0.396 e. The molecule has 0 radical (unpaired) electrons. The topological polar surface area (TPSA) is 46.0 Å². The van der Waals surface area contributed by atoms with Gasteiger partial charge in [0.05, 0.1) is 17.0 Å². The fraction of sp³-hybridized carbons (Fsp3) is 0.143. The smallest absolute Gasteiger partial charge is 0.171 e. The van der Waals surface area contributed by atoms with Crippen LogP contribution in [0.5, 0.6) is 0 Å². The van der Waals surface area contributed by atoms with Crippen LogP contribution in [-0.4, -0.2) is 27.4 Å². The van der Waals surface area contributed by atoms with Gasteiger partial charge in [-0.25, -0.2) is 9.97 Å². The Kier molecular flexibility index (Phi) is 3.77. The summed E-state index contributed by atoms with van der Waals surface area (Å²) in [6.45, 7) is 0.150. The summed E-state index contributed by atoms with van der Waals surface area (Å²) in [5, 5.41) is 13.0. The van der Waals surface area contributed by atoms with Gasteiger partial charge in [0, 0.05) is 11.1 Å². The Morgan fingerprint density at radius 2 is 2.00 bits per heavy atom. The molecule has 0 aliphatic carbocycles. The zero-order valence-electron chi connectivity index (χ0n) is 10.1. The molecule has 3 rings (SSSR count). The largest absolute Gasteiger partial charge is 0.396 e. The van der Waals surface area contributed by atoms with Gasteiger partial charge < -0.3 is 5.11 Å². The average molecular weight is 288 g/mol. The molecule has 3 nitrogen and oxygen atoms in total. The highest BCUT2D eigenvalue weighted by Gasteiger charge is 2.09. The lowest BCUT2D eigenvalue weighted by atomic mass is 10.2. The number of nitrogens with zero attached hydrogens (tertiary/aromatic N) is 2. The van der Waals surface area contributed by atoms with E-state index in [-0.39, 0.29) is 6.61 Å². The van der Waals surface area contributed by atoms with Crippen LogP contribution in [-0.2, 0) is 0 Å². The SMILES string of the molecule is OCCSc1nc(-c2cccs2)nc2ccccc12. The van der Waals surface area contributed by atoms with E-state index < -0.39 is 0 Å². The van der Waals surface area contributed by atoms with E-state index in [0.29, 0.717) is 5.75 Å². The Labute approximate surface area is 119 Å². The number of hydrogen-bond donors (Lipinski definition) is 1. The van der Waals surface area contributed by atoms with Crippen LogP contribution >= 0.6 is 23.1 Å². The molecule has 19 heavy (non-hydrogen) atoms. The number of fused-ring (bicyclic) bond motifs is 1. The van der Waals surface area contributed by atoms with Gasteiger partial charge in [-0.15, -0.1) is 23.1 Å². The van der Waals surface area contributed by atoms with Crippen molar-refractivity contribution < 1.29 is 5.11 Å². The lowest BCUT2D eigenvalue weighted by Gasteiger charge is -2.06. The predicted octanol–water partition coefficient (Wildman–Crippen LogP) is 3.44. The molecule has 0 aliphatic rings. The van der Waals surface area contributed by atoms with E-state index in [1.807, 2.05) is 41.8 Å². The molecule has 0 aliphatic heterocycles. The second-order valence-electron chi connectivity index (χ2n) is 3.92. The first-order valence-electron chi connectivity index (χ1n) is 5.93. The Morgan fingerprint density at radius 1 is 1.11 bits per heavy atom. The molecule has 0 spiro atoms. The van der Waals surface area contributed by atoms with Gasteiger partial charge in [-0.3, -0.25) is 0 Å². The van der Waals surface area contributed by atoms with Crippen LogP contribution in [0.15, 0.2) is 46.8 Å². The van der Waals surface area contributed by atoms with Gasteiger partial charge in [0.2, 0.25) is 0 Å². The number of aromatic nitrogens is 2. The van der Waals surface area contributed by atoms with E-state index in [9.17, 15) is 0 Å². The number of thioether (sulfide) groups is 1. The van der Waals surface area contributed by atoms with Crippen LogP contribution in [0.1, 0.15) is 0 Å². The maximum absolute atomic E-state index is 8.99. The molecule has 5 heteroatoms. The van der Waals surface area contributed by atoms with Crippen molar-refractivity contribution in [3.8, 4) is 10.7 Å². The molecule has 96 valence electrons. The molecule has 0 amide bonds. The van der Waals surface area contributed by atoms with Crippen LogP contribution in [0.4, 0.5) is 0 Å². The van der Waals surface area contributed by atoms with Crippen molar-refractivity contribution in [2.75, 3.05) is 12.4 Å². The third kappa shape index (κ3) is 2.63. The third-order valence-corrected chi connectivity index (χ3v) is 4.48. The number of benzene rings is 1. The van der Waals surface area contributed by atoms with Gasteiger partial charge in [0.15, 0.2) is 5.82 Å². The van der Waals surface area contributed by atoms with E-state index in [1.54, 1.807) is 23.1 Å². The van der Waals surface area contributed by atoms with E-state index in [1.165, 1.54) is 0 Å². The first-order valence-corrected chi connectivity index (χ1v) is 7.79. The van der Waals surface area contributed by atoms with Crippen molar-refractivity contribution in [2.45, 2.75) is 5.03 Å². The van der Waals surface area contributed by atoms with Crippen molar-refractivity contribution in [1.82, 2.24) is 9.97 Å². The van der Waals surface area contributed by atoms with Crippen LogP contribution in [0.25, 0.3) is 21.6 Å². The van der Waals surface area contributed by atoms with Crippen molar-refractivity contribution >= 4 is 34.0 Å². The van der Waals surface area contributed by atoms with Gasteiger partial charge in [0.25, 0.3) is 0 Å². The number of hydrogen-bond acceptors (Lipinski definition) is 5. The quantitative estimate of drug-likeness (QED) is 0.590. The summed E-state index contributed by atoms with van der Waals surface area (Å²) in [5.41, 5.74) is 0.946. The van der Waals surface area contributed by atoms with Gasteiger partial charge in [-0.05, 0) is 17.5 Å². The first-order chi connectivity index (χ1) is 9.38. The van der Waals surface area contributed by atoms with Crippen LogP contribution in [0.2, 0.25) is 0 Å². The summed E-state index contributed by atoms with van der Waals surface area (Å²) in [6.07, 6.45) is 0. The lowest BCUT2D eigenvalue weighted by molar-refractivity contribution is 0.322. The van der Waals surface area contributed by atoms with Crippen LogP contribution in [0.3, 0.4) is 0 Å². The van der Waals surface area contributed by atoms with Crippen molar-refractivity contribution in [3.05, 3.63) is 41.8 Å². The third-order valence-electron chi connectivity index (χ3n) is 2.64. The summed E-state index contributed by atoms with van der Waals surface area (Å²) in [7, 11) is 0. The van der Waals surface area contributed by atoms with E-state index in [2.05, 4.69) is 9.97 Å². The van der Waals surface area contributed by atoms with Gasteiger partial charge >= 0.3 is 0 Å². The molecule has 2 aromatic heterocycles. The highest BCUT2D eigenvalue weighted by atomic mass is 32.2. The van der Waals surface area contributed by atoms with E-state index >= 15 is 0 Å². The van der Waals surface area contributed by atoms with E-state index in [4.69, 9.17) is 5.11 Å². The predicted molar refractivity (Wildman–Crippen MR) is 80.7 cm³/mol. The molecule has 3 aromatic rings. The summed E-state index contributed by atoms with van der Waals surface area (Å²) >= 11 is 3.20. The standard InChI is InChI=1S/C14H12N2OS2/c17-7-9-19-14-10-4-1-2-5-11(10)15-13(16-14)12-6-3-8-18-12/h1-6,8,17H,7,9H2. The molecular formula is C14H12N2OS2. The average Bonchev–Trinajstić information content (AvgIpc) is 2.98. The summed E-state index contributed by atoms with van der Waals surface area (Å²) in [4.78, 5) is 10.3. The first kappa shape index (κ1) is 12.6. The van der Waals surface area contributed by atoms with Crippen molar-refractivity contribution in [3.63, 3.8) is 0 Å². The van der Waals surface area contributed by atoms with Crippen LogP contribution in [0, 0.1) is 0 Å². The molecule has 1 aromatic carbocycles. The molecule has 1 N–H and O–H groups in total. The minimum atomic E-state index is 0.150. The normalized spacial score (nSPS) is 11.0. The number of aliphatic hydroxyl groups excluding tert-OH is 1. The summed E-state index contributed by atoms with van der Waals surface area (Å²) in [6, 6.07) is 12.0. The Bertz CT molecular complexity index is 683. The number of aliphatic hydroxyl groups is 1. The Hall–Kier alpha value is -1.43. The van der Waals surface area contributed by atoms with Gasteiger partial charge in [0.1, 0.15) is 5.03 Å². The summed E-state index contributed by atoms with van der Waals surface area (Å²) in [5.74, 6) is 1.40. The van der Waals surface area contributed by atoms with Crippen LogP contribution < -0.4 is 0 Å². The monoisotopic (exact) mass is 288 g/mol.